The van der Waals surface area contributed by atoms with Crippen molar-refractivity contribution in [1.29, 1.82) is 0 Å². The third kappa shape index (κ3) is 6.14. The fourth-order valence-corrected chi connectivity index (χ4v) is 3.06. The maximum atomic E-state index is 12.0. The molecule has 1 aliphatic carbocycles. The largest absolute Gasteiger partial charge is 0.468 e. The molecule has 0 aromatic carbocycles. The molecule has 0 unspecified atom stereocenters. The summed E-state index contributed by atoms with van der Waals surface area (Å²) < 4.78 is 9.10. The first kappa shape index (κ1) is 21.6. The van der Waals surface area contributed by atoms with Crippen LogP contribution in [0, 0.1) is 11.3 Å². The molecule has 0 N–H and O–H groups in total. The molecule has 142 valence electrons. The van der Waals surface area contributed by atoms with Crippen LogP contribution in [0.15, 0.2) is 47.6 Å². The summed E-state index contributed by atoms with van der Waals surface area (Å²) in [5, 5.41) is 0. The van der Waals surface area contributed by atoms with E-state index in [1.807, 2.05) is 6.08 Å². The van der Waals surface area contributed by atoms with Crippen LogP contribution in [-0.4, -0.2) is 31.9 Å². The van der Waals surface area contributed by atoms with E-state index in [0.29, 0.717) is 0 Å². The summed E-state index contributed by atoms with van der Waals surface area (Å²) in [4.78, 5) is 35.1. The van der Waals surface area contributed by atoms with Crippen LogP contribution in [-0.2, 0) is 23.9 Å². The molecule has 26 heavy (non-hydrogen) atoms. The van der Waals surface area contributed by atoms with E-state index in [-0.39, 0.29) is 11.2 Å². The number of rotatable bonds is 7. The summed E-state index contributed by atoms with van der Waals surface area (Å²) >= 11 is 0. The zero-order chi connectivity index (χ0) is 19.7. The monoisotopic (exact) mass is 360 g/mol. The highest BCUT2D eigenvalue weighted by Crippen LogP contribution is 2.40. The Hall–Kier alpha value is -2.43. The maximum Gasteiger partial charge on any atom is 0.323 e. The zero-order valence-electron chi connectivity index (χ0n) is 16.2. The average molecular weight is 360 g/mol. The quantitative estimate of drug-likeness (QED) is 0.300. The van der Waals surface area contributed by atoms with Crippen molar-refractivity contribution >= 4 is 17.7 Å². The molecular formula is C21H28O5. The van der Waals surface area contributed by atoms with Gasteiger partial charge in [-0.2, -0.15) is 0 Å². The fraction of sp³-hybridized carbons (Fsp3) is 0.476. The van der Waals surface area contributed by atoms with E-state index < -0.39 is 17.9 Å². The molecule has 0 aromatic rings. The van der Waals surface area contributed by atoms with Crippen LogP contribution >= 0.6 is 0 Å². The second-order valence-corrected chi connectivity index (χ2v) is 6.94. The molecule has 0 aliphatic heterocycles. The molecule has 0 radical (unpaired) electrons. The van der Waals surface area contributed by atoms with E-state index in [2.05, 4.69) is 30.2 Å². The number of ether oxygens (including phenoxy) is 2. The van der Waals surface area contributed by atoms with Gasteiger partial charge >= 0.3 is 11.9 Å². The first-order valence-electron chi connectivity index (χ1n) is 8.65. The van der Waals surface area contributed by atoms with Gasteiger partial charge in [-0.1, -0.05) is 43.7 Å². The van der Waals surface area contributed by atoms with Crippen LogP contribution in [0.5, 0.6) is 0 Å². The molecule has 0 atom stereocenters. The van der Waals surface area contributed by atoms with Crippen LogP contribution in [0.3, 0.4) is 0 Å². The van der Waals surface area contributed by atoms with Gasteiger partial charge < -0.3 is 9.47 Å². The normalized spacial score (nSPS) is 17.5. The first-order chi connectivity index (χ1) is 12.2. The van der Waals surface area contributed by atoms with E-state index in [1.165, 1.54) is 56.1 Å². The standard InChI is InChI=1S/C21H28O5/c1-15-9-8-14-21(2,3)18(15)13-12-16(22)10-6-7-11-17(19(23)25-4)20(24)26-5/h6-7,10-13,17H,8-9,14H2,1-5H3/b10-6+,11-7+,13-12+. The Balaban J connectivity index is 2.75. The highest BCUT2D eigenvalue weighted by atomic mass is 16.5. The molecule has 5 nitrogen and oxygen atoms in total. The Morgan fingerprint density at radius 3 is 2.19 bits per heavy atom. The molecule has 0 heterocycles. The van der Waals surface area contributed by atoms with Gasteiger partial charge in [0, 0.05) is 0 Å². The molecule has 0 saturated carbocycles. The van der Waals surface area contributed by atoms with Crippen molar-refractivity contribution in [3.63, 3.8) is 0 Å². The van der Waals surface area contributed by atoms with E-state index in [1.54, 1.807) is 6.08 Å². The highest BCUT2D eigenvalue weighted by Gasteiger charge is 2.26. The van der Waals surface area contributed by atoms with Crippen LogP contribution in [0.2, 0.25) is 0 Å². The summed E-state index contributed by atoms with van der Waals surface area (Å²) in [6, 6.07) is 0. The van der Waals surface area contributed by atoms with E-state index in [9.17, 15) is 14.4 Å². The third-order valence-corrected chi connectivity index (χ3v) is 4.54. The fourth-order valence-electron chi connectivity index (χ4n) is 3.06. The Kier molecular flexibility index (Phi) is 8.23. The number of methoxy groups -OCH3 is 2. The summed E-state index contributed by atoms with van der Waals surface area (Å²) in [6.07, 6.45) is 12.5. The summed E-state index contributed by atoms with van der Waals surface area (Å²) in [5.74, 6) is -2.73. The highest BCUT2D eigenvalue weighted by molar-refractivity contribution is 6.00. The number of allylic oxidation sites excluding steroid dienone is 7. The Labute approximate surface area is 155 Å². The number of hydrogen-bond acceptors (Lipinski definition) is 5. The van der Waals surface area contributed by atoms with Gasteiger partial charge in [-0.25, -0.2) is 0 Å². The lowest BCUT2D eigenvalue weighted by molar-refractivity contribution is -0.156. The van der Waals surface area contributed by atoms with Crippen LogP contribution < -0.4 is 0 Å². The van der Waals surface area contributed by atoms with Crippen LogP contribution in [0.25, 0.3) is 0 Å². The number of esters is 2. The molecule has 5 heteroatoms. The van der Waals surface area contributed by atoms with Crippen molar-refractivity contribution in [3.05, 3.63) is 47.6 Å². The topological polar surface area (TPSA) is 69.7 Å². The molecule has 0 aromatic heterocycles. The Morgan fingerprint density at radius 1 is 1.04 bits per heavy atom. The first-order valence-corrected chi connectivity index (χ1v) is 8.65. The van der Waals surface area contributed by atoms with Gasteiger partial charge in [0.1, 0.15) is 0 Å². The molecule has 0 saturated heterocycles. The van der Waals surface area contributed by atoms with Crippen molar-refractivity contribution in [1.82, 2.24) is 0 Å². The lowest BCUT2D eigenvalue weighted by atomic mass is 9.72. The molecule has 0 bridgehead atoms. The van der Waals surface area contributed by atoms with Gasteiger partial charge in [-0.3, -0.25) is 14.4 Å². The number of hydrogen-bond donors (Lipinski definition) is 0. The average Bonchev–Trinajstić information content (AvgIpc) is 2.59. The molecule has 0 fully saturated rings. The van der Waals surface area contributed by atoms with E-state index in [4.69, 9.17) is 0 Å². The van der Waals surface area contributed by atoms with E-state index in [0.717, 1.165) is 12.8 Å². The van der Waals surface area contributed by atoms with Gasteiger partial charge in [0.2, 0.25) is 0 Å². The minimum absolute atomic E-state index is 0.0803. The summed E-state index contributed by atoms with van der Waals surface area (Å²) in [7, 11) is 2.39. The van der Waals surface area contributed by atoms with Crippen LogP contribution in [0.4, 0.5) is 0 Å². The van der Waals surface area contributed by atoms with Gasteiger partial charge in [0.25, 0.3) is 0 Å². The second-order valence-electron chi connectivity index (χ2n) is 6.94. The molecule has 0 amide bonds. The van der Waals surface area contributed by atoms with Crippen molar-refractivity contribution in [2.24, 2.45) is 11.3 Å². The number of ketones is 1. The second kappa shape index (κ2) is 9.90. The third-order valence-electron chi connectivity index (χ3n) is 4.54. The minimum Gasteiger partial charge on any atom is -0.468 e. The van der Waals surface area contributed by atoms with Crippen molar-refractivity contribution < 1.29 is 23.9 Å². The lowest BCUT2D eigenvalue weighted by Gasteiger charge is -2.32. The lowest BCUT2D eigenvalue weighted by Crippen LogP contribution is -2.24. The van der Waals surface area contributed by atoms with Crippen molar-refractivity contribution in [3.8, 4) is 0 Å². The SMILES string of the molecule is COC(=O)C(/C=C/C=C/C(=O)/C=C/C1=C(C)CCCC1(C)C)C(=O)OC. The molecule has 1 aliphatic rings. The van der Waals surface area contributed by atoms with Crippen LogP contribution in [0.1, 0.15) is 40.0 Å². The summed E-state index contributed by atoms with van der Waals surface area (Å²) in [5.41, 5.74) is 2.63. The molecule has 1 rings (SSSR count). The molecular weight excluding hydrogens is 332 g/mol. The molecule has 0 spiro atoms. The summed E-state index contributed by atoms with van der Waals surface area (Å²) in [6.45, 7) is 6.50. The van der Waals surface area contributed by atoms with Gasteiger partial charge in [-0.15, -0.1) is 0 Å². The maximum absolute atomic E-state index is 12.0. The van der Waals surface area contributed by atoms with Gasteiger partial charge in [0.15, 0.2) is 11.7 Å². The van der Waals surface area contributed by atoms with Gasteiger partial charge in [-0.05, 0) is 49.3 Å². The number of carbonyl (C=O) groups is 3. The Bertz CT molecular complexity index is 646. The predicted octanol–water partition coefficient (Wildman–Crippen LogP) is 3.71. The zero-order valence-corrected chi connectivity index (χ0v) is 16.2. The van der Waals surface area contributed by atoms with E-state index >= 15 is 0 Å². The smallest absolute Gasteiger partial charge is 0.323 e. The minimum atomic E-state index is -1.14. The predicted molar refractivity (Wildman–Crippen MR) is 100 cm³/mol. The van der Waals surface area contributed by atoms with Crippen molar-refractivity contribution in [2.75, 3.05) is 14.2 Å². The van der Waals surface area contributed by atoms with Gasteiger partial charge in [0.05, 0.1) is 14.2 Å². The van der Waals surface area contributed by atoms with Crippen molar-refractivity contribution in [2.45, 2.75) is 40.0 Å². The number of carbonyl (C=O) groups excluding carboxylic acids is 3. The Morgan fingerprint density at radius 2 is 1.65 bits per heavy atom.